The van der Waals surface area contributed by atoms with E-state index >= 15 is 0 Å². The summed E-state index contributed by atoms with van der Waals surface area (Å²) in [5, 5.41) is 0.111. The number of allylic oxidation sites excluding steroid dienone is 2. The van der Waals surface area contributed by atoms with E-state index in [1.165, 1.54) is 0 Å². The number of rotatable bonds is 0. The van der Waals surface area contributed by atoms with E-state index in [9.17, 15) is 0 Å². The van der Waals surface area contributed by atoms with Crippen LogP contribution in [0.4, 0.5) is 0 Å². The van der Waals surface area contributed by atoms with E-state index in [2.05, 4.69) is 0 Å². The fourth-order valence-electron chi connectivity index (χ4n) is 3.80. The van der Waals surface area contributed by atoms with Crippen LogP contribution in [0.1, 0.15) is 0 Å². The fraction of sp³-hybridized carbons (Fsp3) is 0.800. The summed E-state index contributed by atoms with van der Waals surface area (Å²) in [7, 11) is 0. The van der Waals surface area contributed by atoms with Crippen LogP contribution in [0.15, 0.2) is 10.1 Å². The van der Waals surface area contributed by atoms with Crippen LogP contribution in [0, 0.1) is 11.8 Å². The summed E-state index contributed by atoms with van der Waals surface area (Å²) in [5.74, 6) is -0.457. The maximum Gasteiger partial charge on any atom is 0.166 e. The summed E-state index contributed by atoms with van der Waals surface area (Å²) in [6, 6.07) is 0. The second-order valence-electron chi connectivity index (χ2n) is 5.19. The van der Waals surface area contributed by atoms with Gasteiger partial charge in [-0.2, -0.15) is 0 Å². The summed E-state index contributed by atoms with van der Waals surface area (Å²) in [6.45, 7) is 0. The Morgan fingerprint density at radius 2 is 1.33 bits per heavy atom. The van der Waals surface area contributed by atoms with Crippen LogP contribution in [0.2, 0.25) is 0 Å². The number of hydrogen-bond acceptors (Lipinski definition) is 1. The number of ether oxygens (including phenoxy) is 1. The normalized spacial score (nSPS) is 63.2. The highest BCUT2D eigenvalue weighted by molar-refractivity contribution is 6.66. The van der Waals surface area contributed by atoms with Crippen LogP contribution in [0.25, 0.3) is 0 Å². The average Bonchev–Trinajstić information content (AvgIpc) is 2.98. The molecule has 0 aromatic rings. The molecule has 1 nitrogen and oxygen atoms in total. The molecule has 0 aromatic heterocycles. The summed E-state index contributed by atoms with van der Waals surface area (Å²) in [4.78, 5) is -2.48. The molecule has 2 bridgehead atoms. The standard InChI is InChI=1S/C10H5Cl7O/c11-3-1-2(4-5(3)18-4)9(15)7(13)6(12)8(1,14)10(9,16)17/h1-5H/t1-,2+,3+,4+,5-,8+,9-/m0/s1. The van der Waals surface area contributed by atoms with Crippen molar-refractivity contribution in [3.05, 3.63) is 10.1 Å². The highest BCUT2D eigenvalue weighted by Gasteiger charge is 2.89. The molecule has 1 heterocycles. The highest BCUT2D eigenvalue weighted by atomic mass is 35.5. The third-order valence-corrected chi connectivity index (χ3v) is 9.44. The molecule has 0 aromatic carbocycles. The number of fused-ring (bicyclic) bond motifs is 7. The molecule has 1 saturated heterocycles. The van der Waals surface area contributed by atoms with E-state index in [0.717, 1.165) is 0 Å². The van der Waals surface area contributed by atoms with Gasteiger partial charge >= 0.3 is 0 Å². The molecular formula is C10H5Cl7O. The molecule has 0 amide bonds. The van der Waals surface area contributed by atoms with Gasteiger partial charge in [0.05, 0.1) is 21.5 Å². The van der Waals surface area contributed by atoms with Gasteiger partial charge in [0.15, 0.2) is 4.33 Å². The first-order valence-corrected chi connectivity index (χ1v) is 8.02. The van der Waals surface area contributed by atoms with Crippen molar-refractivity contribution in [2.45, 2.75) is 31.7 Å². The highest BCUT2D eigenvalue weighted by Crippen LogP contribution is 2.81. The van der Waals surface area contributed by atoms with Crippen LogP contribution in [0.5, 0.6) is 0 Å². The minimum atomic E-state index is -1.50. The minimum absolute atomic E-state index is 0.0608. The Balaban J connectivity index is 2.01. The molecule has 4 aliphatic rings. The second kappa shape index (κ2) is 3.38. The lowest BCUT2D eigenvalue weighted by molar-refractivity contribution is 0.204. The van der Waals surface area contributed by atoms with E-state index in [1.807, 2.05) is 0 Å². The molecule has 100 valence electrons. The second-order valence-corrected chi connectivity index (χ2v) is 8.97. The lowest BCUT2D eigenvalue weighted by atomic mass is 9.83. The van der Waals surface area contributed by atoms with Crippen molar-refractivity contribution in [1.29, 1.82) is 0 Å². The third kappa shape index (κ3) is 1.02. The summed E-state index contributed by atoms with van der Waals surface area (Å²) >= 11 is 45.0. The predicted octanol–water partition coefficient (Wildman–Crippen LogP) is 4.45. The SMILES string of the molecule is ClC1=C(Cl)[C@]2(Cl)[C@@H]3[C@@H](Cl)[C@@H]4O[C@@H]4[C@@H]3[C@@]1(Cl)C2(Cl)Cl. The molecule has 2 saturated carbocycles. The van der Waals surface area contributed by atoms with Gasteiger partial charge in [0.2, 0.25) is 0 Å². The molecule has 7 atom stereocenters. The molecule has 0 spiro atoms. The molecule has 0 N–H and O–H groups in total. The van der Waals surface area contributed by atoms with Crippen LogP contribution in [-0.2, 0) is 4.74 Å². The first-order valence-electron chi connectivity index (χ1n) is 5.32. The van der Waals surface area contributed by atoms with Crippen LogP contribution in [0.3, 0.4) is 0 Å². The maximum atomic E-state index is 6.65. The molecule has 3 fully saturated rings. The monoisotopic (exact) mass is 386 g/mol. The lowest BCUT2D eigenvalue weighted by Gasteiger charge is -2.35. The van der Waals surface area contributed by atoms with E-state index in [0.29, 0.717) is 0 Å². The topological polar surface area (TPSA) is 12.5 Å². The fourth-order valence-corrected chi connectivity index (χ4v) is 7.49. The van der Waals surface area contributed by atoms with Gasteiger partial charge in [0.25, 0.3) is 0 Å². The predicted molar refractivity (Wildman–Crippen MR) is 75.6 cm³/mol. The van der Waals surface area contributed by atoms with Gasteiger partial charge in [-0.25, -0.2) is 0 Å². The van der Waals surface area contributed by atoms with Crippen LogP contribution in [-0.4, -0.2) is 31.7 Å². The Morgan fingerprint density at radius 1 is 0.833 bits per heavy atom. The molecule has 0 unspecified atom stereocenters. The molecule has 18 heavy (non-hydrogen) atoms. The van der Waals surface area contributed by atoms with E-state index < -0.39 is 14.1 Å². The zero-order valence-corrected chi connectivity index (χ0v) is 13.7. The Morgan fingerprint density at radius 3 is 1.89 bits per heavy atom. The van der Waals surface area contributed by atoms with Crippen LogP contribution >= 0.6 is 81.2 Å². The Labute approximate surface area is 139 Å². The van der Waals surface area contributed by atoms with E-state index in [1.54, 1.807) is 0 Å². The van der Waals surface area contributed by atoms with Gasteiger partial charge in [-0.1, -0.05) is 46.4 Å². The van der Waals surface area contributed by atoms with Gasteiger partial charge in [0, 0.05) is 11.8 Å². The van der Waals surface area contributed by atoms with Gasteiger partial charge in [-0.15, -0.1) is 34.8 Å². The number of halogens is 7. The van der Waals surface area contributed by atoms with Gasteiger partial charge in [0.1, 0.15) is 15.9 Å². The third-order valence-electron chi connectivity index (χ3n) is 4.62. The van der Waals surface area contributed by atoms with Crippen molar-refractivity contribution in [2.24, 2.45) is 11.8 Å². The van der Waals surface area contributed by atoms with Crippen LogP contribution < -0.4 is 0 Å². The first-order chi connectivity index (χ1) is 8.20. The van der Waals surface area contributed by atoms with Crippen molar-refractivity contribution in [3.63, 3.8) is 0 Å². The summed E-state index contributed by atoms with van der Waals surface area (Å²) in [6.07, 6.45) is -0.152. The van der Waals surface area contributed by atoms with E-state index in [-0.39, 0.29) is 39.5 Å². The number of alkyl halides is 5. The zero-order valence-electron chi connectivity index (χ0n) is 8.44. The molecule has 1 aliphatic heterocycles. The zero-order chi connectivity index (χ0) is 13.2. The first kappa shape index (κ1) is 13.4. The van der Waals surface area contributed by atoms with Crippen molar-refractivity contribution in [1.82, 2.24) is 0 Å². The van der Waals surface area contributed by atoms with Crippen molar-refractivity contribution in [3.8, 4) is 0 Å². The quantitative estimate of drug-likeness (QED) is 0.441. The summed E-state index contributed by atoms with van der Waals surface area (Å²) < 4.78 is 4.00. The van der Waals surface area contributed by atoms with Gasteiger partial charge in [-0.3, -0.25) is 0 Å². The summed E-state index contributed by atoms with van der Waals surface area (Å²) in [5.41, 5.74) is 0. The lowest BCUT2D eigenvalue weighted by Crippen LogP contribution is -2.46. The molecule has 4 rings (SSSR count). The number of epoxide rings is 1. The molecular weight excluding hydrogens is 384 g/mol. The Kier molecular flexibility index (Phi) is 2.52. The maximum absolute atomic E-state index is 6.65. The van der Waals surface area contributed by atoms with Crippen molar-refractivity contribution >= 4 is 81.2 Å². The molecule has 8 heteroatoms. The largest absolute Gasteiger partial charge is 0.368 e. The average molecular weight is 389 g/mol. The molecule has 3 aliphatic carbocycles. The minimum Gasteiger partial charge on any atom is -0.368 e. The van der Waals surface area contributed by atoms with Crippen molar-refractivity contribution < 1.29 is 4.74 Å². The Bertz CT molecular complexity index is 476. The van der Waals surface area contributed by atoms with Crippen molar-refractivity contribution in [2.75, 3.05) is 0 Å². The molecule has 0 radical (unpaired) electrons. The smallest absolute Gasteiger partial charge is 0.166 e. The number of hydrogen-bond donors (Lipinski definition) is 0. The van der Waals surface area contributed by atoms with E-state index in [4.69, 9.17) is 85.9 Å². The van der Waals surface area contributed by atoms with Gasteiger partial charge in [-0.05, 0) is 0 Å². The Hall–Kier alpha value is 1.73. The van der Waals surface area contributed by atoms with Gasteiger partial charge < -0.3 is 4.74 Å².